The lowest BCUT2D eigenvalue weighted by Gasteiger charge is -2.17. The molecule has 0 spiro atoms. The fourth-order valence-electron chi connectivity index (χ4n) is 2.45. The van der Waals surface area contributed by atoms with E-state index in [1.54, 1.807) is 13.0 Å². The van der Waals surface area contributed by atoms with Crippen LogP contribution in [0.25, 0.3) is 0 Å². The summed E-state index contributed by atoms with van der Waals surface area (Å²) in [5, 5.41) is 11.6. The molecule has 1 aromatic carbocycles. The van der Waals surface area contributed by atoms with E-state index in [0.29, 0.717) is 32.1 Å². The van der Waals surface area contributed by atoms with Crippen molar-refractivity contribution in [3.8, 4) is 11.5 Å². The fourth-order valence-corrected chi connectivity index (χ4v) is 2.57. The average Bonchev–Trinajstić information content (AvgIpc) is 2.66. The largest absolute Gasteiger partial charge is 0.493 e. The first-order valence-corrected chi connectivity index (χ1v) is 9.95. The molecule has 0 unspecified atom stereocenters. The van der Waals surface area contributed by atoms with Crippen molar-refractivity contribution < 1.29 is 19.4 Å². The Morgan fingerprint density at radius 2 is 1.70 bits per heavy atom. The predicted molar refractivity (Wildman–Crippen MR) is 111 cm³/mol. The number of oxime groups is 1. The molecule has 1 aromatic rings. The van der Waals surface area contributed by atoms with Gasteiger partial charge in [0.15, 0.2) is 0 Å². The number of ether oxygens (including phenoxy) is 3. The summed E-state index contributed by atoms with van der Waals surface area (Å²) in [4.78, 5) is 0. The molecule has 0 saturated carbocycles. The number of halogens is 2. The molecule has 0 heterocycles. The third-order valence-electron chi connectivity index (χ3n) is 3.88. The molecule has 7 heteroatoms. The number of benzene rings is 1. The molecular weight excluding hydrogens is 389 g/mol. The van der Waals surface area contributed by atoms with E-state index in [4.69, 9.17) is 42.6 Å². The van der Waals surface area contributed by atoms with Gasteiger partial charge in [-0.2, -0.15) is 0 Å². The monoisotopic (exact) mass is 417 g/mol. The van der Waals surface area contributed by atoms with Crippen LogP contribution in [0.1, 0.15) is 44.7 Å². The molecule has 0 saturated heterocycles. The van der Waals surface area contributed by atoms with Gasteiger partial charge in [-0.3, -0.25) is 0 Å². The highest BCUT2D eigenvalue weighted by Crippen LogP contribution is 2.31. The van der Waals surface area contributed by atoms with E-state index >= 15 is 0 Å². The lowest BCUT2D eigenvalue weighted by molar-refractivity contribution is 0.157. The summed E-state index contributed by atoms with van der Waals surface area (Å²) >= 11 is 11.2. The Hall–Kier alpha value is -1.43. The average molecular weight is 418 g/mol. The van der Waals surface area contributed by atoms with Crippen LogP contribution in [-0.4, -0.2) is 37.3 Å². The summed E-state index contributed by atoms with van der Waals surface area (Å²) in [6, 6.07) is 4.01. The molecule has 27 heavy (non-hydrogen) atoms. The van der Waals surface area contributed by atoms with Crippen LogP contribution < -0.4 is 9.47 Å². The van der Waals surface area contributed by atoms with Crippen molar-refractivity contribution in [3.63, 3.8) is 0 Å². The number of aryl methyl sites for hydroxylation is 2. The Labute approximate surface area is 171 Å². The van der Waals surface area contributed by atoms with Crippen LogP contribution in [0.15, 0.2) is 27.9 Å². The van der Waals surface area contributed by atoms with E-state index in [1.807, 2.05) is 12.1 Å². The van der Waals surface area contributed by atoms with E-state index in [2.05, 4.69) is 19.0 Å². The number of hydrogen-bond acceptors (Lipinski definition) is 5. The van der Waals surface area contributed by atoms with Gasteiger partial charge < -0.3 is 19.4 Å². The van der Waals surface area contributed by atoms with Crippen LogP contribution in [0.2, 0.25) is 0 Å². The highest BCUT2D eigenvalue weighted by atomic mass is 35.5. The predicted octanol–water partition coefficient (Wildman–Crippen LogP) is 5.53. The second-order valence-corrected chi connectivity index (χ2v) is 7.03. The van der Waals surface area contributed by atoms with Crippen LogP contribution in [0.5, 0.6) is 11.5 Å². The maximum atomic E-state index is 8.56. The van der Waals surface area contributed by atoms with Crippen LogP contribution >= 0.6 is 23.2 Å². The van der Waals surface area contributed by atoms with Gasteiger partial charge in [-0.1, -0.05) is 42.2 Å². The van der Waals surface area contributed by atoms with Crippen LogP contribution in [-0.2, 0) is 17.6 Å². The van der Waals surface area contributed by atoms with Crippen molar-refractivity contribution in [2.45, 2.75) is 46.5 Å². The molecule has 0 atom stereocenters. The molecule has 152 valence electrons. The molecule has 1 rings (SSSR count). The van der Waals surface area contributed by atoms with E-state index in [-0.39, 0.29) is 4.49 Å². The van der Waals surface area contributed by atoms with Gasteiger partial charge in [0.2, 0.25) is 0 Å². The van der Waals surface area contributed by atoms with Crippen molar-refractivity contribution in [3.05, 3.63) is 33.8 Å². The molecule has 0 fully saturated rings. The molecule has 0 bridgehead atoms. The van der Waals surface area contributed by atoms with Crippen LogP contribution in [0, 0.1) is 0 Å². The topological polar surface area (TPSA) is 60.3 Å². The van der Waals surface area contributed by atoms with Crippen molar-refractivity contribution >= 4 is 28.9 Å². The van der Waals surface area contributed by atoms with E-state index in [9.17, 15) is 0 Å². The molecule has 1 N–H and O–H groups in total. The fraction of sp³-hybridized carbons (Fsp3) is 0.550. The maximum absolute atomic E-state index is 8.56. The van der Waals surface area contributed by atoms with Gasteiger partial charge >= 0.3 is 0 Å². The summed E-state index contributed by atoms with van der Waals surface area (Å²) in [5.74, 6) is 1.73. The summed E-state index contributed by atoms with van der Waals surface area (Å²) in [5.41, 5.74) is 2.81. The van der Waals surface area contributed by atoms with Gasteiger partial charge in [0.05, 0.1) is 18.9 Å². The first kappa shape index (κ1) is 23.6. The number of hydrogen-bond donors (Lipinski definition) is 1. The zero-order chi connectivity index (χ0) is 20.1. The number of nitrogens with zero attached hydrogens (tertiary/aromatic N) is 1. The third-order valence-corrected chi connectivity index (χ3v) is 4.19. The molecule has 0 aliphatic carbocycles. The molecule has 0 aromatic heterocycles. The van der Waals surface area contributed by atoms with Gasteiger partial charge in [-0.15, -0.1) is 0 Å². The number of rotatable bonds is 13. The van der Waals surface area contributed by atoms with Crippen LogP contribution in [0.4, 0.5) is 0 Å². The SMILES string of the molecule is CCc1cc(OCC=C(Cl)Cl)cc(CC)c1OCCCCOCC(C)=NO. The van der Waals surface area contributed by atoms with E-state index in [1.165, 1.54) is 0 Å². The summed E-state index contributed by atoms with van der Waals surface area (Å²) in [6.45, 7) is 7.83. The van der Waals surface area contributed by atoms with E-state index in [0.717, 1.165) is 48.3 Å². The maximum Gasteiger partial charge on any atom is 0.125 e. The minimum Gasteiger partial charge on any atom is -0.493 e. The standard InChI is InChI=1S/C20H29Cl2NO4/c1-4-16-12-18(26-11-8-19(21)22)13-17(5-2)20(16)27-10-7-6-9-25-14-15(3)23-24/h8,12-13,24H,4-7,9-11,14H2,1-3H3. The molecular formula is C20H29Cl2NO4. The van der Waals surface area contributed by atoms with Gasteiger partial charge in [-0.05, 0) is 61.9 Å². The molecule has 0 radical (unpaired) electrons. The van der Waals surface area contributed by atoms with Crippen molar-refractivity contribution in [2.75, 3.05) is 26.4 Å². The second-order valence-electron chi connectivity index (χ2n) is 6.03. The normalized spacial score (nSPS) is 11.4. The van der Waals surface area contributed by atoms with Gasteiger partial charge in [0.25, 0.3) is 0 Å². The van der Waals surface area contributed by atoms with Crippen LogP contribution in [0.3, 0.4) is 0 Å². The Bertz CT molecular complexity index is 603. The summed E-state index contributed by atoms with van der Waals surface area (Å²) in [6.07, 6.45) is 5.09. The number of unbranched alkanes of at least 4 members (excludes halogenated alkanes) is 1. The Balaban J connectivity index is 2.57. The molecule has 0 aliphatic rings. The lowest BCUT2D eigenvalue weighted by atomic mass is 10.0. The van der Waals surface area contributed by atoms with Gasteiger partial charge in [-0.25, -0.2) is 0 Å². The van der Waals surface area contributed by atoms with Gasteiger partial charge in [0, 0.05) is 6.61 Å². The molecule has 0 amide bonds. The minimum atomic E-state index is 0.198. The highest BCUT2D eigenvalue weighted by molar-refractivity contribution is 6.55. The zero-order valence-corrected chi connectivity index (χ0v) is 17.8. The zero-order valence-electron chi connectivity index (χ0n) is 16.3. The Morgan fingerprint density at radius 3 is 2.26 bits per heavy atom. The van der Waals surface area contributed by atoms with Crippen molar-refractivity contribution in [1.29, 1.82) is 0 Å². The summed E-state index contributed by atoms with van der Waals surface area (Å²) in [7, 11) is 0. The summed E-state index contributed by atoms with van der Waals surface area (Å²) < 4.78 is 17.4. The third kappa shape index (κ3) is 9.36. The first-order valence-electron chi connectivity index (χ1n) is 9.19. The molecule has 5 nitrogen and oxygen atoms in total. The minimum absolute atomic E-state index is 0.198. The van der Waals surface area contributed by atoms with Crippen molar-refractivity contribution in [1.82, 2.24) is 0 Å². The lowest BCUT2D eigenvalue weighted by Crippen LogP contribution is -2.08. The quantitative estimate of drug-likeness (QED) is 0.198. The smallest absolute Gasteiger partial charge is 0.125 e. The Kier molecular flexibility index (Phi) is 12.0. The second kappa shape index (κ2) is 13.7. The van der Waals surface area contributed by atoms with Crippen molar-refractivity contribution in [2.24, 2.45) is 5.16 Å². The van der Waals surface area contributed by atoms with Gasteiger partial charge in [0.1, 0.15) is 22.6 Å². The molecule has 0 aliphatic heterocycles. The Morgan fingerprint density at radius 1 is 1.07 bits per heavy atom. The van der Waals surface area contributed by atoms with E-state index < -0.39 is 0 Å². The highest BCUT2D eigenvalue weighted by Gasteiger charge is 2.11. The first-order chi connectivity index (χ1) is 13.0.